The second-order valence-electron chi connectivity index (χ2n) is 3.99. The average molecular weight is 309 g/mol. The van der Waals surface area contributed by atoms with Gasteiger partial charge in [-0.3, -0.25) is 9.36 Å². The van der Waals surface area contributed by atoms with Gasteiger partial charge in [-0.05, 0) is 6.08 Å². The number of aliphatic hydroxyl groups excluding tert-OH is 1. The molecule has 10 heteroatoms. The minimum Gasteiger partial charge on any atom is -0.468 e. The molecule has 1 rings (SSSR count). The van der Waals surface area contributed by atoms with Gasteiger partial charge in [-0.15, -0.1) is 0 Å². The Kier molecular flexibility index (Phi) is 5.29. The average Bonchev–Trinajstić information content (AvgIpc) is 2.39. The molecule has 1 amide bonds. The molecule has 1 aliphatic heterocycles. The maximum Gasteiger partial charge on any atom is 0.373 e. The molecule has 1 unspecified atom stereocenters. The van der Waals surface area contributed by atoms with E-state index in [0.29, 0.717) is 0 Å². The smallest absolute Gasteiger partial charge is 0.373 e. The van der Waals surface area contributed by atoms with Crippen LogP contribution in [0.1, 0.15) is 6.92 Å². The van der Waals surface area contributed by atoms with Crippen LogP contribution in [0.3, 0.4) is 0 Å². The van der Waals surface area contributed by atoms with E-state index in [1.807, 2.05) is 0 Å². The first kappa shape index (κ1) is 16.6. The van der Waals surface area contributed by atoms with Crippen LogP contribution in [0.4, 0.5) is 0 Å². The Hall–Kier alpha value is -1.41. The van der Waals surface area contributed by atoms with Crippen molar-refractivity contribution in [3.05, 3.63) is 11.8 Å². The van der Waals surface area contributed by atoms with E-state index in [9.17, 15) is 24.2 Å². The van der Waals surface area contributed by atoms with Crippen molar-refractivity contribution in [2.24, 2.45) is 0 Å². The fraction of sp³-hybridized carbons (Fsp3) is 0.600. The highest BCUT2D eigenvalue weighted by Crippen LogP contribution is 2.51. The molecule has 0 aromatic carbocycles. The van der Waals surface area contributed by atoms with Gasteiger partial charge in [-0.2, -0.15) is 0 Å². The number of hydrogen-bond acceptors (Lipinski definition) is 7. The Morgan fingerprint density at radius 3 is 2.50 bits per heavy atom. The maximum absolute atomic E-state index is 11.9. The molecule has 114 valence electrons. The molecule has 0 aliphatic carbocycles. The van der Waals surface area contributed by atoms with E-state index in [-0.39, 0.29) is 0 Å². The summed E-state index contributed by atoms with van der Waals surface area (Å²) in [4.78, 5) is 32.2. The van der Waals surface area contributed by atoms with Gasteiger partial charge in [0, 0.05) is 14.0 Å². The van der Waals surface area contributed by atoms with Crippen molar-refractivity contribution in [3.8, 4) is 0 Å². The maximum atomic E-state index is 11.9. The molecule has 3 N–H and O–H groups in total. The van der Waals surface area contributed by atoms with Crippen molar-refractivity contribution in [2.75, 3.05) is 14.2 Å². The van der Waals surface area contributed by atoms with Crippen LogP contribution in [0.15, 0.2) is 11.8 Å². The van der Waals surface area contributed by atoms with E-state index in [1.165, 1.54) is 6.92 Å². The molecule has 0 radical (unpaired) electrons. The first-order chi connectivity index (χ1) is 9.22. The summed E-state index contributed by atoms with van der Waals surface area (Å²) in [7, 11) is -2.28. The highest BCUT2D eigenvalue weighted by molar-refractivity contribution is 7.53. The molecule has 9 nitrogen and oxygen atoms in total. The van der Waals surface area contributed by atoms with Gasteiger partial charge >= 0.3 is 13.6 Å². The number of carbonyl (C=O) groups excluding carboxylic acids is 2. The monoisotopic (exact) mass is 309 g/mol. The fourth-order valence-corrected chi connectivity index (χ4v) is 2.76. The standard InChI is InChI=1S/C10H16NO8P/c1-5(12)11-8-6(13)4-7(9(14)17-2)19-10(8)20(15,16)18-3/h4,6,8,10,13H,1-3H3,(H,11,12)(H,15,16)/t6-,8+,10-/m0/s1. The normalized spacial score (nSPS) is 28.6. The van der Waals surface area contributed by atoms with Crippen molar-refractivity contribution in [3.63, 3.8) is 0 Å². The van der Waals surface area contributed by atoms with Crippen molar-refractivity contribution in [1.29, 1.82) is 0 Å². The number of hydrogen-bond donors (Lipinski definition) is 3. The summed E-state index contributed by atoms with van der Waals surface area (Å²) in [6, 6.07) is -1.24. The van der Waals surface area contributed by atoms with Gasteiger partial charge in [0.1, 0.15) is 12.1 Å². The Bertz CT molecular complexity index is 476. The minimum absolute atomic E-state index is 0.432. The lowest BCUT2D eigenvalue weighted by Crippen LogP contribution is -2.53. The zero-order valence-electron chi connectivity index (χ0n) is 11.1. The van der Waals surface area contributed by atoms with E-state index in [2.05, 4.69) is 14.6 Å². The molecule has 4 atom stereocenters. The SMILES string of the molecule is COC(=O)C1=C[C@H](O)[C@@H](NC(C)=O)[C@H](P(=O)(O)OC)O1. The largest absolute Gasteiger partial charge is 0.468 e. The van der Waals surface area contributed by atoms with Crippen LogP contribution in [0, 0.1) is 0 Å². The van der Waals surface area contributed by atoms with Gasteiger partial charge in [0.15, 0.2) is 0 Å². The Morgan fingerprint density at radius 2 is 2.05 bits per heavy atom. The third-order valence-electron chi connectivity index (χ3n) is 2.58. The Balaban J connectivity index is 3.15. The number of nitrogens with one attached hydrogen (secondary N) is 1. The lowest BCUT2D eigenvalue weighted by atomic mass is 10.1. The lowest BCUT2D eigenvalue weighted by Gasteiger charge is -2.35. The van der Waals surface area contributed by atoms with Crippen LogP contribution in [-0.2, 0) is 28.2 Å². The third-order valence-corrected chi connectivity index (χ3v) is 4.18. The predicted octanol–water partition coefficient (Wildman–Crippen LogP) is -0.903. The number of carbonyl (C=O) groups is 2. The molecule has 0 aromatic rings. The number of esters is 1. The summed E-state index contributed by atoms with van der Waals surface area (Å²) in [6.07, 6.45) is -0.430. The molecule has 1 heterocycles. The molecule has 0 fully saturated rings. The number of amides is 1. The fourth-order valence-electron chi connectivity index (χ4n) is 1.65. The molecule has 1 aliphatic rings. The van der Waals surface area contributed by atoms with Crippen molar-refractivity contribution in [1.82, 2.24) is 5.32 Å². The summed E-state index contributed by atoms with van der Waals surface area (Å²) in [5.74, 6) is -3.54. The first-order valence-electron chi connectivity index (χ1n) is 5.53. The van der Waals surface area contributed by atoms with Crippen molar-refractivity contribution >= 4 is 19.5 Å². The van der Waals surface area contributed by atoms with Gasteiger partial charge in [-0.1, -0.05) is 0 Å². The number of methoxy groups -OCH3 is 1. The second-order valence-corrected chi connectivity index (χ2v) is 6.00. The van der Waals surface area contributed by atoms with Crippen molar-refractivity contribution in [2.45, 2.75) is 24.9 Å². The van der Waals surface area contributed by atoms with E-state index in [0.717, 1.165) is 20.3 Å². The second kappa shape index (κ2) is 6.36. The van der Waals surface area contributed by atoms with Gasteiger partial charge in [0.05, 0.1) is 7.11 Å². The van der Waals surface area contributed by atoms with Crippen molar-refractivity contribution < 1.29 is 38.2 Å². The molecular formula is C10H16NO8P. The summed E-state index contributed by atoms with van der Waals surface area (Å²) in [5, 5.41) is 12.2. The molecule has 0 saturated heterocycles. The quantitative estimate of drug-likeness (QED) is 0.449. The number of aliphatic hydroxyl groups is 1. The van der Waals surface area contributed by atoms with Gasteiger partial charge in [0.25, 0.3) is 0 Å². The topological polar surface area (TPSA) is 131 Å². The molecule has 20 heavy (non-hydrogen) atoms. The molecule has 0 bridgehead atoms. The van der Waals surface area contributed by atoms with E-state index in [4.69, 9.17) is 4.74 Å². The van der Waals surface area contributed by atoms with Crippen LogP contribution in [-0.4, -0.2) is 54.1 Å². The highest BCUT2D eigenvalue weighted by Gasteiger charge is 2.47. The van der Waals surface area contributed by atoms with E-state index < -0.39 is 43.2 Å². The van der Waals surface area contributed by atoms with Crippen LogP contribution in [0.25, 0.3) is 0 Å². The lowest BCUT2D eigenvalue weighted by molar-refractivity contribution is -0.142. The molecule has 0 saturated carbocycles. The number of rotatable bonds is 4. The highest BCUT2D eigenvalue weighted by atomic mass is 31.2. The zero-order valence-corrected chi connectivity index (χ0v) is 12.0. The number of ether oxygens (including phenoxy) is 2. The third kappa shape index (κ3) is 3.57. The molecule has 0 aromatic heterocycles. The van der Waals surface area contributed by atoms with Gasteiger partial charge < -0.3 is 29.3 Å². The minimum atomic E-state index is -4.33. The molecular weight excluding hydrogens is 293 g/mol. The predicted molar refractivity (Wildman–Crippen MR) is 65.4 cm³/mol. The van der Waals surface area contributed by atoms with E-state index in [1.54, 1.807) is 0 Å². The van der Waals surface area contributed by atoms with E-state index >= 15 is 0 Å². The van der Waals surface area contributed by atoms with Crippen LogP contribution < -0.4 is 5.32 Å². The Labute approximate surface area is 115 Å². The van der Waals surface area contributed by atoms with Crippen LogP contribution in [0.5, 0.6) is 0 Å². The zero-order chi connectivity index (χ0) is 15.5. The molecule has 0 spiro atoms. The summed E-state index contributed by atoms with van der Waals surface area (Å²) < 4.78 is 25.8. The van der Waals surface area contributed by atoms with Crippen LogP contribution >= 0.6 is 7.60 Å². The first-order valence-corrected chi connectivity index (χ1v) is 7.17. The summed E-state index contributed by atoms with van der Waals surface area (Å²) >= 11 is 0. The van der Waals surface area contributed by atoms with Gasteiger partial charge in [-0.25, -0.2) is 4.79 Å². The summed E-state index contributed by atoms with van der Waals surface area (Å²) in [6.45, 7) is 1.17. The van der Waals surface area contributed by atoms with Gasteiger partial charge in [0.2, 0.25) is 17.5 Å². The Morgan fingerprint density at radius 1 is 1.45 bits per heavy atom. The summed E-state index contributed by atoms with van der Waals surface area (Å²) in [5.41, 5.74) is 0. The van der Waals surface area contributed by atoms with Crippen LogP contribution in [0.2, 0.25) is 0 Å².